The number of carbonyl (C=O) groups excluding carboxylic acids is 2. The molecule has 3 N–H and O–H groups in total. The monoisotopic (exact) mass is 327 g/mol. The minimum atomic E-state index is -0.351. The van der Waals surface area contributed by atoms with Crippen molar-refractivity contribution in [2.75, 3.05) is 31.6 Å². The molecule has 2 amide bonds. The summed E-state index contributed by atoms with van der Waals surface area (Å²) in [6, 6.07) is 6.56. The predicted molar refractivity (Wildman–Crippen MR) is 87.6 cm³/mol. The van der Waals surface area contributed by atoms with Crippen molar-refractivity contribution in [2.45, 2.75) is 19.4 Å². The number of anilines is 1. The molecule has 0 aliphatic carbocycles. The Labute approximate surface area is 136 Å². The second-order valence-corrected chi connectivity index (χ2v) is 4.91. The Morgan fingerprint density at radius 3 is 2.91 bits per heavy atom. The van der Waals surface area contributed by atoms with Crippen molar-refractivity contribution in [3.63, 3.8) is 0 Å². The van der Waals surface area contributed by atoms with E-state index < -0.39 is 0 Å². The smallest absolute Gasteiger partial charge is 0.251 e. The molecular formula is C15H22ClN3O3. The van der Waals surface area contributed by atoms with E-state index in [1.807, 2.05) is 6.92 Å². The highest BCUT2D eigenvalue weighted by atomic mass is 35.5. The second kappa shape index (κ2) is 9.40. The minimum absolute atomic E-state index is 0. The van der Waals surface area contributed by atoms with Gasteiger partial charge in [-0.1, -0.05) is 13.0 Å². The van der Waals surface area contributed by atoms with Gasteiger partial charge in [0.2, 0.25) is 5.91 Å². The van der Waals surface area contributed by atoms with Crippen molar-refractivity contribution in [3.05, 3.63) is 29.8 Å². The Morgan fingerprint density at radius 1 is 1.41 bits per heavy atom. The number of amides is 2. The summed E-state index contributed by atoms with van der Waals surface area (Å²) in [6.45, 7) is 4.28. The molecule has 0 bridgehead atoms. The average Bonchev–Trinajstić information content (AvgIpc) is 2.53. The minimum Gasteiger partial charge on any atom is -0.378 e. The van der Waals surface area contributed by atoms with Gasteiger partial charge in [-0.15, -0.1) is 12.4 Å². The number of halogens is 1. The third kappa shape index (κ3) is 5.29. The van der Waals surface area contributed by atoms with E-state index in [0.717, 1.165) is 6.42 Å². The first-order valence-corrected chi connectivity index (χ1v) is 7.21. The van der Waals surface area contributed by atoms with Gasteiger partial charge < -0.3 is 20.7 Å². The third-order valence-corrected chi connectivity index (χ3v) is 3.17. The van der Waals surface area contributed by atoms with E-state index in [9.17, 15) is 9.59 Å². The molecule has 6 nitrogen and oxygen atoms in total. The van der Waals surface area contributed by atoms with Crippen LogP contribution in [-0.4, -0.2) is 44.2 Å². The fourth-order valence-corrected chi connectivity index (χ4v) is 2.04. The molecule has 1 aliphatic rings. The van der Waals surface area contributed by atoms with E-state index in [-0.39, 0.29) is 30.3 Å². The van der Waals surface area contributed by atoms with Crippen LogP contribution in [-0.2, 0) is 9.53 Å². The van der Waals surface area contributed by atoms with Crippen molar-refractivity contribution in [1.82, 2.24) is 10.6 Å². The van der Waals surface area contributed by atoms with Crippen LogP contribution in [0.5, 0.6) is 0 Å². The number of benzene rings is 1. The van der Waals surface area contributed by atoms with Gasteiger partial charge in [-0.25, -0.2) is 0 Å². The van der Waals surface area contributed by atoms with Crippen LogP contribution in [0.3, 0.4) is 0 Å². The fraction of sp³-hybridized carbons (Fsp3) is 0.467. The molecule has 1 aromatic carbocycles. The van der Waals surface area contributed by atoms with Crippen LogP contribution in [0, 0.1) is 0 Å². The second-order valence-electron chi connectivity index (χ2n) is 4.91. The zero-order valence-electron chi connectivity index (χ0n) is 12.6. The van der Waals surface area contributed by atoms with Crippen LogP contribution >= 0.6 is 12.4 Å². The highest BCUT2D eigenvalue weighted by Crippen LogP contribution is 2.11. The highest BCUT2D eigenvalue weighted by molar-refractivity contribution is 5.98. The van der Waals surface area contributed by atoms with Crippen LogP contribution in [0.4, 0.5) is 5.69 Å². The van der Waals surface area contributed by atoms with Gasteiger partial charge in [-0.05, 0) is 24.6 Å². The van der Waals surface area contributed by atoms with Crippen LogP contribution in [0.2, 0.25) is 0 Å². The zero-order chi connectivity index (χ0) is 15.1. The van der Waals surface area contributed by atoms with Crippen molar-refractivity contribution < 1.29 is 14.3 Å². The molecule has 1 aromatic rings. The van der Waals surface area contributed by atoms with Crippen LogP contribution in [0.1, 0.15) is 23.7 Å². The van der Waals surface area contributed by atoms with Gasteiger partial charge in [0.25, 0.3) is 5.91 Å². The van der Waals surface area contributed by atoms with Gasteiger partial charge in [0.05, 0.1) is 13.2 Å². The van der Waals surface area contributed by atoms with Gasteiger partial charge in [0, 0.05) is 24.3 Å². The van der Waals surface area contributed by atoms with Crippen LogP contribution in [0.25, 0.3) is 0 Å². The fourth-order valence-electron chi connectivity index (χ4n) is 2.04. The van der Waals surface area contributed by atoms with Crippen LogP contribution < -0.4 is 16.0 Å². The Kier molecular flexibility index (Phi) is 7.87. The van der Waals surface area contributed by atoms with E-state index >= 15 is 0 Å². The van der Waals surface area contributed by atoms with Crippen molar-refractivity contribution in [1.29, 1.82) is 0 Å². The molecule has 1 heterocycles. The quantitative estimate of drug-likeness (QED) is 0.758. The molecule has 0 radical (unpaired) electrons. The lowest BCUT2D eigenvalue weighted by Crippen LogP contribution is -2.48. The van der Waals surface area contributed by atoms with E-state index in [1.54, 1.807) is 24.3 Å². The summed E-state index contributed by atoms with van der Waals surface area (Å²) < 4.78 is 5.26. The van der Waals surface area contributed by atoms with Crippen molar-refractivity contribution in [3.8, 4) is 0 Å². The lowest BCUT2D eigenvalue weighted by molar-refractivity contribution is -0.120. The first-order chi connectivity index (χ1) is 10.2. The lowest BCUT2D eigenvalue weighted by Gasteiger charge is -2.22. The molecule has 122 valence electrons. The lowest BCUT2D eigenvalue weighted by atomic mass is 10.1. The molecule has 0 spiro atoms. The van der Waals surface area contributed by atoms with E-state index in [0.29, 0.717) is 37.6 Å². The van der Waals surface area contributed by atoms with Gasteiger partial charge in [-0.2, -0.15) is 0 Å². The van der Waals surface area contributed by atoms with Gasteiger partial charge in [-0.3, -0.25) is 9.59 Å². The SMILES string of the molecule is CCCNC(=O)c1cccc(NC(=O)C2COCCN2)c1.Cl. The summed E-state index contributed by atoms with van der Waals surface area (Å²) in [6.07, 6.45) is 0.884. The molecule has 22 heavy (non-hydrogen) atoms. The summed E-state index contributed by atoms with van der Waals surface area (Å²) in [5, 5.41) is 8.70. The van der Waals surface area contributed by atoms with Crippen LogP contribution in [0.15, 0.2) is 24.3 Å². The standard InChI is InChI=1S/C15H21N3O3.ClH/c1-2-6-17-14(19)11-4-3-5-12(9-11)18-15(20)13-10-21-8-7-16-13;/h3-5,9,13,16H,2,6-8,10H2,1H3,(H,17,19)(H,18,20);1H. The number of carbonyl (C=O) groups is 2. The molecule has 2 rings (SSSR count). The summed E-state index contributed by atoms with van der Waals surface area (Å²) in [4.78, 5) is 24.0. The van der Waals surface area contributed by atoms with Crippen molar-refractivity contribution in [2.24, 2.45) is 0 Å². The maximum atomic E-state index is 12.1. The topological polar surface area (TPSA) is 79.5 Å². The van der Waals surface area contributed by atoms with E-state index in [2.05, 4.69) is 16.0 Å². The zero-order valence-corrected chi connectivity index (χ0v) is 13.4. The molecule has 1 atom stereocenters. The number of morpholine rings is 1. The normalized spacial score (nSPS) is 17.2. The Morgan fingerprint density at radius 2 is 2.23 bits per heavy atom. The maximum absolute atomic E-state index is 12.1. The number of rotatable bonds is 5. The summed E-state index contributed by atoms with van der Waals surface area (Å²) in [5.41, 5.74) is 1.14. The Hall–Kier alpha value is -1.63. The first kappa shape index (κ1) is 18.4. The molecule has 0 saturated carbocycles. The molecule has 1 saturated heterocycles. The third-order valence-electron chi connectivity index (χ3n) is 3.17. The average molecular weight is 328 g/mol. The first-order valence-electron chi connectivity index (χ1n) is 7.21. The van der Waals surface area contributed by atoms with Gasteiger partial charge in [0.1, 0.15) is 6.04 Å². The molecule has 1 unspecified atom stereocenters. The molecule has 1 aliphatic heterocycles. The molecular weight excluding hydrogens is 306 g/mol. The molecule has 1 fully saturated rings. The van der Waals surface area contributed by atoms with Gasteiger partial charge in [0.15, 0.2) is 0 Å². The molecule has 7 heteroatoms. The van der Waals surface area contributed by atoms with Crippen molar-refractivity contribution >= 4 is 29.9 Å². The maximum Gasteiger partial charge on any atom is 0.251 e. The van der Waals surface area contributed by atoms with Gasteiger partial charge >= 0.3 is 0 Å². The Balaban J connectivity index is 0.00000242. The van der Waals surface area contributed by atoms with E-state index in [1.165, 1.54) is 0 Å². The largest absolute Gasteiger partial charge is 0.378 e. The number of nitrogens with one attached hydrogen (secondary N) is 3. The highest BCUT2D eigenvalue weighted by Gasteiger charge is 2.21. The molecule has 0 aromatic heterocycles. The summed E-state index contributed by atoms with van der Waals surface area (Å²) >= 11 is 0. The number of hydrogen-bond acceptors (Lipinski definition) is 4. The Bertz CT molecular complexity index is 505. The van der Waals surface area contributed by atoms with E-state index in [4.69, 9.17) is 4.74 Å². The number of hydrogen-bond donors (Lipinski definition) is 3. The summed E-state index contributed by atoms with van der Waals surface area (Å²) in [5.74, 6) is -0.284. The predicted octanol–water partition coefficient (Wildman–Crippen LogP) is 1.18. The summed E-state index contributed by atoms with van der Waals surface area (Å²) in [7, 11) is 0. The number of ether oxygens (including phenoxy) is 1.